The first-order chi connectivity index (χ1) is 11.0. The molecule has 8 heteroatoms. The number of carbonyl (C=O) groups excluding carboxylic acids is 1. The van der Waals surface area contributed by atoms with Crippen molar-refractivity contribution >= 4 is 5.78 Å². The molecule has 0 spiro atoms. The third-order valence-corrected chi connectivity index (χ3v) is 2.47. The van der Waals surface area contributed by atoms with Gasteiger partial charge in [0.15, 0.2) is 0 Å². The molecule has 1 heterocycles. The first-order valence-electron chi connectivity index (χ1n) is 6.75. The first kappa shape index (κ1) is 21.1. The maximum atomic E-state index is 11.1. The Labute approximate surface area is 137 Å². The normalized spacial score (nSPS) is 10.8. The van der Waals surface area contributed by atoms with E-state index < -0.39 is 12.6 Å². The lowest BCUT2D eigenvalue weighted by Crippen LogP contribution is -2.23. The van der Waals surface area contributed by atoms with Crippen molar-refractivity contribution in [3.05, 3.63) is 36.6 Å². The number of hydrogen-bond acceptors (Lipinski definition) is 8. The van der Waals surface area contributed by atoms with Gasteiger partial charge in [0.2, 0.25) is 18.4 Å². The molecule has 1 aromatic rings. The van der Waals surface area contributed by atoms with Gasteiger partial charge in [-0.25, -0.2) is 9.97 Å². The summed E-state index contributed by atoms with van der Waals surface area (Å²) in [6.45, 7) is 0. The fourth-order valence-corrected chi connectivity index (χ4v) is 1.41. The summed E-state index contributed by atoms with van der Waals surface area (Å²) in [6.07, 6.45) is 4.98. The van der Waals surface area contributed by atoms with Crippen molar-refractivity contribution in [3.8, 4) is 0 Å². The van der Waals surface area contributed by atoms with E-state index >= 15 is 0 Å². The van der Waals surface area contributed by atoms with E-state index in [1.807, 2.05) is 14.1 Å². The highest BCUT2D eigenvalue weighted by Crippen LogP contribution is 2.12. The zero-order chi connectivity index (χ0) is 17.7. The smallest absolute Gasteiger partial charge is 0.221 e. The van der Waals surface area contributed by atoms with Crippen LogP contribution in [0.2, 0.25) is 0 Å². The summed E-state index contributed by atoms with van der Waals surface area (Å²) in [7, 11) is 9.65. The molecule has 0 N–H and O–H groups in total. The molecule has 130 valence electrons. The van der Waals surface area contributed by atoms with Crippen LogP contribution < -0.4 is 0 Å². The first-order valence-corrected chi connectivity index (χ1v) is 6.75. The van der Waals surface area contributed by atoms with Crippen LogP contribution >= 0.6 is 0 Å². The fraction of sp³-hybridized carbons (Fsp3) is 0.533. The number of aromatic nitrogens is 2. The highest BCUT2D eigenvalue weighted by atomic mass is 16.7. The predicted octanol–water partition coefficient (Wildman–Crippen LogP) is 1.02. The van der Waals surface area contributed by atoms with Crippen LogP contribution in [0.1, 0.15) is 12.0 Å². The number of nitrogens with zero attached hydrogens (tertiary/aromatic N) is 3. The van der Waals surface area contributed by atoms with Crippen molar-refractivity contribution in [2.75, 3.05) is 42.5 Å². The molecule has 0 unspecified atom stereocenters. The van der Waals surface area contributed by atoms with Gasteiger partial charge in [-0.2, -0.15) is 0 Å². The van der Waals surface area contributed by atoms with Gasteiger partial charge >= 0.3 is 0 Å². The van der Waals surface area contributed by atoms with Crippen molar-refractivity contribution in [3.63, 3.8) is 0 Å². The lowest BCUT2D eigenvalue weighted by Gasteiger charge is -2.10. The van der Waals surface area contributed by atoms with E-state index in [2.05, 4.69) is 9.97 Å². The lowest BCUT2D eigenvalue weighted by molar-refractivity contribution is -0.151. The molecule has 0 saturated heterocycles. The number of rotatable bonds is 8. The SMILES string of the molecule is COC(OC)C(=O)/C=C/N(C)C.COC(OC)c1ccncn1. The average molecular weight is 327 g/mol. The Balaban J connectivity index is 0.000000422. The van der Waals surface area contributed by atoms with Gasteiger partial charge in [0, 0.05) is 61.0 Å². The van der Waals surface area contributed by atoms with Crippen LogP contribution in [0.25, 0.3) is 0 Å². The molecule has 8 nitrogen and oxygen atoms in total. The Hall–Kier alpha value is -1.87. The summed E-state index contributed by atoms with van der Waals surface area (Å²) >= 11 is 0. The van der Waals surface area contributed by atoms with Gasteiger partial charge in [-0.3, -0.25) is 4.79 Å². The van der Waals surface area contributed by atoms with Gasteiger partial charge < -0.3 is 23.8 Å². The summed E-state index contributed by atoms with van der Waals surface area (Å²) in [5.74, 6) is -0.200. The van der Waals surface area contributed by atoms with Gasteiger partial charge in [-0.05, 0) is 6.07 Å². The molecule has 1 aromatic heterocycles. The van der Waals surface area contributed by atoms with E-state index in [0.29, 0.717) is 0 Å². The van der Waals surface area contributed by atoms with Crippen molar-refractivity contribution in [1.82, 2.24) is 14.9 Å². The van der Waals surface area contributed by atoms with Crippen LogP contribution in [0.5, 0.6) is 0 Å². The predicted molar refractivity (Wildman–Crippen MR) is 84.4 cm³/mol. The van der Waals surface area contributed by atoms with E-state index in [0.717, 1.165) is 5.69 Å². The van der Waals surface area contributed by atoms with E-state index in [-0.39, 0.29) is 5.78 Å². The summed E-state index contributed by atoms with van der Waals surface area (Å²) < 4.78 is 19.5. The zero-order valence-corrected chi connectivity index (χ0v) is 14.4. The molecule has 0 atom stereocenters. The molecule has 0 aliphatic rings. The number of methoxy groups -OCH3 is 4. The van der Waals surface area contributed by atoms with Gasteiger partial charge in [0.25, 0.3) is 0 Å². The molecule has 0 amide bonds. The molecular formula is C15H25N3O5. The summed E-state index contributed by atoms with van der Waals surface area (Å²) in [5.41, 5.74) is 0.727. The number of hydrogen-bond donors (Lipinski definition) is 0. The number of carbonyl (C=O) groups is 1. The zero-order valence-electron chi connectivity index (χ0n) is 14.4. The molecule has 23 heavy (non-hydrogen) atoms. The molecule has 0 aliphatic carbocycles. The third-order valence-electron chi connectivity index (χ3n) is 2.47. The van der Waals surface area contributed by atoms with Crippen LogP contribution in [0.4, 0.5) is 0 Å². The Morgan fingerprint density at radius 3 is 2.13 bits per heavy atom. The lowest BCUT2D eigenvalue weighted by atomic mass is 10.3. The van der Waals surface area contributed by atoms with Gasteiger partial charge in [-0.1, -0.05) is 0 Å². The Morgan fingerprint density at radius 1 is 1.13 bits per heavy atom. The monoisotopic (exact) mass is 327 g/mol. The maximum Gasteiger partial charge on any atom is 0.221 e. The molecule has 0 bridgehead atoms. The molecule has 0 fully saturated rings. The van der Waals surface area contributed by atoms with Crippen molar-refractivity contribution in [1.29, 1.82) is 0 Å². The summed E-state index contributed by atoms with van der Waals surface area (Å²) in [5, 5.41) is 0. The summed E-state index contributed by atoms with van der Waals surface area (Å²) in [6, 6.07) is 1.75. The van der Waals surface area contributed by atoms with Crippen LogP contribution in [0, 0.1) is 0 Å². The van der Waals surface area contributed by atoms with Crippen LogP contribution in [-0.4, -0.2) is 69.5 Å². The molecule has 0 saturated carbocycles. The largest absolute Gasteiger partial charge is 0.383 e. The van der Waals surface area contributed by atoms with Crippen LogP contribution in [-0.2, 0) is 23.7 Å². The Kier molecular flexibility index (Phi) is 11.6. The van der Waals surface area contributed by atoms with E-state index in [9.17, 15) is 4.79 Å². The van der Waals surface area contributed by atoms with Crippen molar-refractivity contribution in [2.24, 2.45) is 0 Å². The fourth-order valence-electron chi connectivity index (χ4n) is 1.41. The minimum absolute atomic E-state index is 0.200. The number of ether oxygens (including phenoxy) is 4. The highest BCUT2D eigenvalue weighted by molar-refractivity contribution is 5.92. The van der Waals surface area contributed by atoms with Gasteiger partial charge in [0.1, 0.15) is 6.33 Å². The molecule has 0 radical (unpaired) electrons. The van der Waals surface area contributed by atoms with Gasteiger partial charge in [-0.15, -0.1) is 0 Å². The minimum atomic E-state index is -0.791. The van der Waals surface area contributed by atoms with E-state index in [1.165, 1.54) is 26.6 Å². The topological polar surface area (TPSA) is 83.0 Å². The van der Waals surface area contributed by atoms with E-state index in [4.69, 9.17) is 18.9 Å². The molecular weight excluding hydrogens is 302 g/mol. The quantitative estimate of drug-likeness (QED) is 0.517. The maximum absolute atomic E-state index is 11.1. The summed E-state index contributed by atoms with van der Waals surface area (Å²) in [4.78, 5) is 20.6. The standard InChI is InChI=1S/C8H15NO3.C7H10N2O2/c1-9(2)6-5-7(10)8(11-3)12-4;1-10-7(11-2)6-3-4-8-5-9-6/h5-6,8H,1-4H3;3-5,7H,1-2H3/b6-5+;. The molecule has 0 aliphatic heterocycles. The second kappa shape index (κ2) is 12.7. The van der Waals surface area contributed by atoms with Crippen molar-refractivity contribution < 1.29 is 23.7 Å². The Morgan fingerprint density at radius 2 is 1.74 bits per heavy atom. The molecule has 1 rings (SSSR count). The second-order valence-corrected chi connectivity index (χ2v) is 4.42. The second-order valence-electron chi connectivity index (χ2n) is 4.42. The Bertz CT molecular complexity index is 446. The highest BCUT2D eigenvalue weighted by Gasteiger charge is 2.12. The molecule has 0 aromatic carbocycles. The van der Waals surface area contributed by atoms with Gasteiger partial charge in [0.05, 0.1) is 5.69 Å². The minimum Gasteiger partial charge on any atom is -0.383 e. The number of ketones is 1. The van der Waals surface area contributed by atoms with E-state index in [1.54, 1.807) is 37.6 Å². The average Bonchev–Trinajstić information content (AvgIpc) is 2.57. The van der Waals surface area contributed by atoms with Crippen LogP contribution in [0.3, 0.4) is 0 Å². The third kappa shape index (κ3) is 8.99. The van der Waals surface area contributed by atoms with Crippen LogP contribution in [0.15, 0.2) is 30.9 Å². The van der Waals surface area contributed by atoms with Crippen molar-refractivity contribution in [2.45, 2.75) is 12.6 Å².